The van der Waals surface area contributed by atoms with Gasteiger partial charge in [0.2, 0.25) is 0 Å². The maximum atomic E-state index is 10.4. The summed E-state index contributed by atoms with van der Waals surface area (Å²) in [5.41, 5.74) is 9.41. The molecule has 2 heteroatoms. The molecule has 2 rings (SSSR count). The van der Waals surface area contributed by atoms with Gasteiger partial charge in [-0.3, -0.25) is 0 Å². The molecule has 0 radical (unpaired) electrons. The van der Waals surface area contributed by atoms with E-state index in [0.717, 1.165) is 12.7 Å². The first-order chi connectivity index (χ1) is 8.79. The number of aldehydes is 1. The molecule has 0 unspecified atom stereocenters. The van der Waals surface area contributed by atoms with E-state index in [4.69, 9.17) is 5.73 Å². The van der Waals surface area contributed by atoms with Gasteiger partial charge < -0.3 is 10.5 Å². The van der Waals surface area contributed by atoms with Crippen LogP contribution in [0.3, 0.4) is 0 Å². The van der Waals surface area contributed by atoms with Crippen LogP contribution in [-0.4, -0.2) is 12.3 Å². The number of nitrogens with two attached hydrogens (primary N) is 1. The fourth-order valence-electron chi connectivity index (χ4n) is 1.97. The van der Waals surface area contributed by atoms with Crippen LogP contribution >= 0.6 is 0 Å². The quantitative estimate of drug-likeness (QED) is 0.815. The highest BCUT2D eigenvalue weighted by Crippen LogP contribution is 2.19. The predicted molar refractivity (Wildman–Crippen MR) is 74.2 cm³/mol. The summed E-state index contributed by atoms with van der Waals surface area (Å²) < 4.78 is 0. The van der Waals surface area contributed by atoms with Crippen molar-refractivity contribution in [2.24, 2.45) is 5.73 Å². The average molecular weight is 239 g/mol. The van der Waals surface area contributed by atoms with Crippen LogP contribution in [0.2, 0.25) is 0 Å². The molecule has 0 saturated heterocycles. The Labute approximate surface area is 107 Å². The van der Waals surface area contributed by atoms with Gasteiger partial charge in [-0.2, -0.15) is 0 Å². The van der Waals surface area contributed by atoms with Gasteiger partial charge in [0.25, 0.3) is 0 Å². The second-order valence-electron chi connectivity index (χ2n) is 4.43. The van der Waals surface area contributed by atoms with Gasteiger partial charge in [-0.15, -0.1) is 0 Å². The molecule has 0 aliphatic carbocycles. The summed E-state index contributed by atoms with van der Waals surface area (Å²) in [6.45, 7) is 0. The van der Waals surface area contributed by atoms with Crippen molar-refractivity contribution >= 4 is 6.29 Å². The predicted octanol–water partition coefficient (Wildman–Crippen LogP) is 2.81. The summed E-state index contributed by atoms with van der Waals surface area (Å²) in [6.07, 6.45) is 2.04. The highest BCUT2D eigenvalue weighted by atomic mass is 16.1. The van der Waals surface area contributed by atoms with Crippen molar-refractivity contribution in [3.05, 3.63) is 60.2 Å². The van der Waals surface area contributed by atoms with E-state index in [9.17, 15) is 4.79 Å². The zero-order valence-corrected chi connectivity index (χ0v) is 10.3. The minimum Gasteiger partial charge on any atom is -0.327 e. The summed E-state index contributed by atoms with van der Waals surface area (Å²) >= 11 is 0. The lowest BCUT2D eigenvalue weighted by atomic mass is 10.0. The van der Waals surface area contributed by atoms with E-state index < -0.39 is 0 Å². The van der Waals surface area contributed by atoms with Crippen molar-refractivity contribution in [3.8, 4) is 11.1 Å². The molecule has 1 atom stereocenters. The number of rotatable bonds is 5. The molecule has 18 heavy (non-hydrogen) atoms. The molecular weight excluding hydrogens is 222 g/mol. The van der Waals surface area contributed by atoms with E-state index in [2.05, 4.69) is 36.4 Å². The molecule has 0 amide bonds. The number of carbonyl (C=O) groups is 1. The summed E-state index contributed by atoms with van der Waals surface area (Å²) in [6, 6.07) is 18.5. The zero-order valence-electron chi connectivity index (χ0n) is 10.3. The van der Waals surface area contributed by atoms with Crippen LogP contribution in [0.1, 0.15) is 12.0 Å². The summed E-state index contributed by atoms with van der Waals surface area (Å²) in [5.74, 6) is 0. The molecular formula is C16H17NO. The first kappa shape index (κ1) is 12.5. The number of benzene rings is 2. The molecule has 0 spiro atoms. The fraction of sp³-hybridized carbons (Fsp3) is 0.188. The minimum atomic E-state index is -0.0786. The zero-order chi connectivity index (χ0) is 12.8. The second kappa shape index (κ2) is 6.12. The molecule has 0 bridgehead atoms. The van der Waals surface area contributed by atoms with E-state index in [0.29, 0.717) is 6.42 Å². The Bertz CT molecular complexity index is 490. The molecule has 0 aliphatic heterocycles. The van der Waals surface area contributed by atoms with Crippen LogP contribution in [0.4, 0.5) is 0 Å². The SMILES string of the molecule is N[C@@H](CC=O)Cc1ccc(-c2ccccc2)cc1. The van der Waals surface area contributed by atoms with Gasteiger partial charge >= 0.3 is 0 Å². The first-order valence-electron chi connectivity index (χ1n) is 6.13. The van der Waals surface area contributed by atoms with Crippen LogP contribution in [-0.2, 0) is 11.2 Å². The van der Waals surface area contributed by atoms with Gasteiger partial charge in [0.15, 0.2) is 0 Å². The maximum Gasteiger partial charge on any atom is 0.121 e. The third-order valence-corrected chi connectivity index (χ3v) is 2.96. The lowest BCUT2D eigenvalue weighted by Crippen LogP contribution is -2.22. The number of hydrogen-bond donors (Lipinski definition) is 1. The Kier molecular flexibility index (Phi) is 4.26. The fourth-order valence-corrected chi connectivity index (χ4v) is 1.97. The molecule has 0 aliphatic rings. The molecule has 0 heterocycles. The molecule has 0 saturated carbocycles. The minimum absolute atomic E-state index is 0.0786. The van der Waals surface area contributed by atoms with Crippen molar-refractivity contribution in [1.29, 1.82) is 0 Å². The molecule has 0 aromatic heterocycles. The number of hydrogen-bond acceptors (Lipinski definition) is 2. The van der Waals surface area contributed by atoms with Crippen LogP contribution in [0.15, 0.2) is 54.6 Å². The Balaban J connectivity index is 2.08. The lowest BCUT2D eigenvalue weighted by Gasteiger charge is -2.08. The van der Waals surface area contributed by atoms with Gasteiger partial charge in [-0.1, -0.05) is 54.6 Å². The lowest BCUT2D eigenvalue weighted by molar-refractivity contribution is -0.108. The monoisotopic (exact) mass is 239 g/mol. The molecule has 2 aromatic rings. The van der Waals surface area contributed by atoms with Crippen molar-refractivity contribution in [2.45, 2.75) is 18.9 Å². The largest absolute Gasteiger partial charge is 0.327 e. The Morgan fingerprint density at radius 1 is 0.944 bits per heavy atom. The normalized spacial score (nSPS) is 12.1. The van der Waals surface area contributed by atoms with Gasteiger partial charge in [-0.25, -0.2) is 0 Å². The second-order valence-corrected chi connectivity index (χ2v) is 4.43. The van der Waals surface area contributed by atoms with Crippen LogP contribution in [0.25, 0.3) is 11.1 Å². The highest BCUT2D eigenvalue weighted by molar-refractivity contribution is 5.63. The van der Waals surface area contributed by atoms with Gasteiger partial charge in [0.1, 0.15) is 6.29 Å². The molecule has 2 nitrogen and oxygen atoms in total. The van der Waals surface area contributed by atoms with E-state index in [1.807, 2.05) is 18.2 Å². The van der Waals surface area contributed by atoms with E-state index in [1.165, 1.54) is 16.7 Å². The maximum absolute atomic E-state index is 10.4. The number of carbonyl (C=O) groups excluding carboxylic acids is 1. The third kappa shape index (κ3) is 3.28. The summed E-state index contributed by atoms with van der Waals surface area (Å²) in [7, 11) is 0. The topological polar surface area (TPSA) is 43.1 Å². The Morgan fingerprint density at radius 2 is 1.56 bits per heavy atom. The van der Waals surface area contributed by atoms with Crippen molar-refractivity contribution in [2.75, 3.05) is 0 Å². The standard InChI is InChI=1S/C16H17NO/c17-16(10-11-18)12-13-6-8-15(9-7-13)14-4-2-1-3-5-14/h1-9,11,16H,10,12,17H2/t16-/m0/s1. The molecule has 92 valence electrons. The van der Waals surface area contributed by atoms with Gasteiger partial charge in [-0.05, 0) is 23.1 Å². The van der Waals surface area contributed by atoms with Crippen molar-refractivity contribution in [1.82, 2.24) is 0 Å². The van der Waals surface area contributed by atoms with Crippen LogP contribution in [0.5, 0.6) is 0 Å². The summed E-state index contributed by atoms with van der Waals surface area (Å²) in [5, 5.41) is 0. The van der Waals surface area contributed by atoms with Crippen molar-refractivity contribution in [3.63, 3.8) is 0 Å². The molecule has 2 aromatic carbocycles. The van der Waals surface area contributed by atoms with E-state index >= 15 is 0 Å². The third-order valence-electron chi connectivity index (χ3n) is 2.96. The summed E-state index contributed by atoms with van der Waals surface area (Å²) in [4.78, 5) is 10.4. The van der Waals surface area contributed by atoms with E-state index in [1.54, 1.807) is 0 Å². The van der Waals surface area contributed by atoms with Crippen molar-refractivity contribution < 1.29 is 4.79 Å². The first-order valence-corrected chi connectivity index (χ1v) is 6.13. The van der Waals surface area contributed by atoms with Crippen LogP contribution < -0.4 is 5.73 Å². The van der Waals surface area contributed by atoms with E-state index in [-0.39, 0.29) is 6.04 Å². The smallest absolute Gasteiger partial charge is 0.121 e. The highest BCUT2D eigenvalue weighted by Gasteiger charge is 2.03. The van der Waals surface area contributed by atoms with Gasteiger partial charge in [0.05, 0.1) is 0 Å². The van der Waals surface area contributed by atoms with Crippen LogP contribution in [0, 0.1) is 0 Å². The molecule has 0 fully saturated rings. The Morgan fingerprint density at radius 3 is 2.17 bits per heavy atom. The Hall–Kier alpha value is -1.93. The van der Waals surface area contributed by atoms with Gasteiger partial charge in [0, 0.05) is 12.5 Å². The average Bonchev–Trinajstić information content (AvgIpc) is 2.41. The molecule has 2 N–H and O–H groups in total.